The first-order chi connectivity index (χ1) is 11.9. The van der Waals surface area contributed by atoms with Crippen LogP contribution in [0.15, 0.2) is 48.8 Å². The van der Waals surface area contributed by atoms with Crippen molar-refractivity contribution in [2.75, 3.05) is 5.32 Å². The number of fused-ring (bicyclic) bond motifs is 2. The second-order valence-electron chi connectivity index (χ2n) is 6.21. The molecule has 1 aliphatic rings. The van der Waals surface area contributed by atoms with Crippen molar-refractivity contribution in [3.05, 3.63) is 60.2 Å². The molecule has 0 amide bonds. The van der Waals surface area contributed by atoms with E-state index in [1.807, 2.05) is 18.2 Å². The molecular weight excluding hydrogens is 300 g/mol. The quantitative estimate of drug-likeness (QED) is 0.626. The molecule has 6 nitrogen and oxygen atoms in total. The monoisotopic (exact) mass is 316 g/mol. The molecule has 0 unspecified atom stereocenters. The van der Waals surface area contributed by atoms with Crippen molar-refractivity contribution >= 4 is 22.2 Å². The highest BCUT2D eigenvalue weighted by molar-refractivity contribution is 5.78. The molecule has 0 atom stereocenters. The molecular formula is C18H16N6. The summed E-state index contributed by atoms with van der Waals surface area (Å²) in [7, 11) is 0. The average molecular weight is 316 g/mol. The van der Waals surface area contributed by atoms with Crippen molar-refractivity contribution in [3.8, 4) is 0 Å². The Labute approximate surface area is 138 Å². The standard InChI is InChI=1S/C18H16N6/c1-2-4-15-12(3-1)7-8-14(21-15)10-19-17-9-16(13-5-6-13)23-24-11-20-22-18(17)24/h1-4,7-9,11,13,19H,5-6,10H2. The van der Waals surface area contributed by atoms with E-state index in [0.29, 0.717) is 12.5 Å². The molecule has 3 aromatic heterocycles. The maximum Gasteiger partial charge on any atom is 0.200 e. The van der Waals surface area contributed by atoms with E-state index in [1.165, 1.54) is 12.8 Å². The fourth-order valence-electron chi connectivity index (χ4n) is 2.95. The van der Waals surface area contributed by atoms with E-state index < -0.39 is 0 Å². The van der Waals surface area contributed by atoms with Crippen LogP contribution in [0.4, 0.5) is 5.69 Å². The number of para-hydroxylation sites is 1. The van der Waals surface area contributed by atoms with Gasteiger partial charge in [-0.25, -0.2) is 0 Å². The molecule has 0 saturated heterocycles. The Hall–Kier alpha value is -3.02. The zero-order valence-electron chi connectivity index (χ0n) is 13.1. The lowest BCUT2D eigenvalue weighted by molar-refractivity contribution is 0.849. The number of aromatic nitrogens is 5. The Balaban J connectivity index is 1.46. The summed E-state index contributed by atoms with van der Waals surface area (Å²) < 4.78 is 1.75. The van der Waals surface area contributed by atoms with Crippen LogP contribution in [0, 0.1) is 0 Å². The predicted molar refractivity (Wildman–Crippen MR) is 91.8 cm³/mol. The van der Waals surface area contributed by atoms with Crippen molar-refractivity contribution in [1.29, 1.82) is 0 Å². The highest BCUT2D eigenvalue weighted by Crippen LogP contribution is 2.39. The largest absolute Gasteiger partial charge is 0.376 e. The fraction of sp³-hybridized carbons (Fsp3) is 0.222. The van der Waals surface area contributed by atoms with Gasteiger partial charge >= 0.3 is 0 Å². The normalized spacial score (nSPS) is 14.3. The number of nitrogens with zero attached hydrogens (tertiary/aromatic N) is 5. The predicted octanol–water partition coefficient (Wildman–Crippen LogP) is 3.16. The van der Waals surface area contributed by atoms with E-state index in [-0.39, 0.29) is 0 Å². The van der Waals surface area contributed by atoms with Crippen LogP contribution in [0.5, 0.6) is 0 Å². The fourth-order valence-corrected chi connectivity index (χ4v) is 2.95. The zero-order chi connectivity index (χ0) is 15.9. The van der Waals surface area contributed by atoms with Gasteiger partial charge in [-0.1, -0.05) is 24.3 Å². The number of hydrogen-bond donors (Lipinski definition) is 1. The molecule has 1 saturated carbocycles. The molecule has 0 radical (unpaired) electrons. The summed E-state index contributed by atoms with van der Waals surface area (Å²) in [4.78, 5) is 4.71. The third-order valence-electron chi connectivity index (χ3n) is 4.40. The average Bonchev–Trinajstić information content (AvgIpc) is 3.37. The summed E-state index contributed by atoms with van der Waals surface area (Å²) in [6.07, 6.45) is 4.08. The van der Waals surface area contributed by atoms with E-state index in [9.17, 15) is 0 Å². The summed E-state index contributed by atoms with van der Waals surface area (Å²) >= 11 is 0. The van der Waals surface area contributed by atoms with Gasteiger partial charge < -0.3 is 5.32 Å². The molecule has 5 rings (SSSR count). The van der Waals surface area contributed by atoms with Crippen LogP contribution >= 0.6 is 0 Å². The van der Waals surface area contributed by atoms with Crippen molar-refractivity contribution < 1.29 is 0 Å². The molecule has 0 spiro atoms. The van der Waals surface area contributed by atoms with Gasteiger partial charge in [-0.05, 0) is 31.0 Å². The summed E-state index contributed by atoms with van der Waals surface area (Å²) in [5.74, 6) is 0.580. The molecule has 4 aromatic rings. The minimum atomic E-state index is 0.580. The highest BCUT2D eigenvalue weighted by atomic mass is 15.3. The topological polar surface area (TPSA) is 68.0 Å². The molecule has 1 fully saturated rings. The van der Waals surface area contributed by atoms with Crippen molar-refractivity contribution in [1.82, 2.24) is 24.8 Å². The van der Waals surface area contributed by atoms with Crippen molar-refractivity contribution in [2.45, 2.75) is 25.3 Å². The summed E-state index contributed by atoms with van der Waals surface area (Å²) in [5, 5.41) is 17.3. The van der Waals surface area contributed by atoms with Gasteiger partial charge in [0.2, 0.25) is 5.65 Å². The lowest BCUT2D eigenvalue weighted by Crippen LogP contribution is -2.06. The van der Waals surface area contributed by atoms with E-state index in [2.05, 4.69) is 44.9 Å². The van der Waals surface area contributed by atoms with Crippen LogP contribution in [0.25, 0.3) is 16.6 Å². The minimum Gasteiger partial charge on any atom is -0.376 e. The van der Waals surface area contributed by atoms with Crippen molar-refractivity contribution in [2.24, 2.45) is 0 Å². The second-order valence-corrected chi connectivity index (χ2v) is 6.21. The van der Waals surface area contributed by atoms with Crippen LogP contribution in [0.2, 0.25) is 0 Å². The first-order valence-electron chi connectivity index (χ1n) is 8.16. The molecule has 1 N–H and O–H groups in total. The van der Waals surface area contributed by atoms with Gasteiger partial charge in [-0.15, -0.1) is 10.2 Å². The zero-order valence-corrected chi connectivity index (χ0v) is 13.1. The van der Waals surface area contributed by atoms with Gasteiger partial charge in [0.1, 0.15) is 6.33 Å². The molecule has 0 bridgehead atoms. The molecule has 1 aromatic carbocycles. The highest BCUT2D eigenvalue weighted by Gasteiger charge is 2.26. The Morgan fingerprint density at radius 3 is 2.96 bits per heavy atom. The van der Waals surface area contributed by atoms with Gasteiger partial charge in [-0.3, -0.25) is 4.98 Å². The first kappa shape index (κ1) is 13.4. The van der Waals surface area contributed by atoms with Gasteiger partial charge in [0.15, 0.2) is 0 Å². The van der Waals surface area contributed by atoms with Gasteiger partial charge in [0, 0.05) is 11.3 Å². The van der Waals surface area contributed by atoms with E-state index in [0.717, 1.165) is 33.6 Å². The number of nitrogens with one attached hydrogen (secondary N) is 1. The SMILES string of the molecule is c1ccc2nc(CNc3cc(C4CC4)nn4cnnc34)ccc2c1. The van der Waals surface area contributed by atoms with Gasteiger partial charge in [0.05, 0.1) is 29.1 Å². The molecule has 118 valence electrons. The van der Waals surface area contributed by atoms with Gasteiger partial charge in [0.25, 0.3) is 0 Å². The summed E-state index contributed by atoms with van der Waals surface area (Å²) in [6.45, 7) is 0.640. The maximum atomic E-state index is 4.71. The molecule has 24 heavy (non-hydrogen) atoms. The minimum absolute atomic E-state index is 0.580. The molecule has 3 heterocycles. The third kappa shape index (κ3) is 2.36. The summed E-state index contributed by atoms with van der Waals surface area (Å²) in [6, 6.07) is 14.4. The van der Waals surface area contributed by atoms with Crippen LogP contribution in [-0.4, -0.2) is 24.8 Å². The number of hydrogen-bond acceptors (Lipinski definition) is 5. The van der Waals surface area contributed by atoms with E-state index in [1.54, 1.807) is 10.8 Å². The van der Waals surface area contributed by atoms with Crippen LogP contribution in [0.3, 0.4) is 0 Å². The van der Waals surface area contributed by atoms with Gasteiger partial charge in [-0.2, -0.15) is 9.61 Å². The second kappa shape index (κ2) is 5.26. The summed E-state index contributed by atoms with van der Waals surface area (Å²) in [5.41, 5.74) is 4.82. The lowest BCUT2D eigenvalue weighted by Gasteiger charge is -2.09. The Kier molecular flexibility index (Phi) is 2.94. The Bertz CT molecular complexity index is 1030. The Morgan fingerprint density at radius 1 is 1.12 bits per heavy atom. The van der Waals surface area contributed by atoms with E-state index in [4.69, 9.17) is 4.98 Å². The third-order valence-corrected chi connectivity index (χ3v) is 4.40. The van der Waals surface area contributed by atoms with Crippen LogP contribution in [0.1, 0.15) is 30.1 Å². The van der Waals surface area contributed by atoms with Crippen molar-refractivity contribution in [3.63, 3.8) is 0 Å². The van der Waals surface area contributed by atoms with Crippen LogP contribution < -0.4 is 5.32 Å². The van der Waals surface area contributed by atoms with Crippen LogP contribution in [-0.2, 0) is 6.54 Å². The lowest BCUT2D eigenvalue weighted by atomic mass is 10.2. The molecule has 1 aliphatic carbocycles. The number of rotatable bonds is 4. The Morgan fingerprint density at radius 2 is 2.04 bits per heavy atom. The number of benzene rings is 1. The smallest absolute Gasteiger partial charge is 0.200 e. The van der Waals surface area contributed by atoms with E-state index >= 15 is 0 Å². The number of pyridine rings is 1. The first-order valence-corrected chi connectivity index (χ1v) is 8.16. The molecule has 6 heteroatoms. The number of anilines is 1. The molecule has 0 aliphatic heterocycles. The maximum absolute atomic E-state index is 4.71.